The number of pyridine rings is 1. The molecular formula is C24H28N4O3. The van der Waals surface area contributed by atoms with Crippen LogP contribution in [0.3, 0.4) is 0 Å². The zero-order valence-corrected chi connectivity index (χ0v) is 18.0. The average molecular weight is 421 g/mol. The second-order valence-corrected chi connectivity index (χ2v) is 7.49. The SMILES string of the molecule is C=CCN1CCC(CNC(=O)c2ccc(-c3cc(C)c(C#N)c(C)n3)cc2)C1.O=CO. The van der Waals surface area contributed by atoms with Crippen molar-refractivity contribution in [1.29, 1.82) is 5.26 Å². The number of amides is 1. The minimum absolute atomic E-state index is 0.0473. The van der Waals surface area contributed by atoms with E-state index in [1.54, 1.807) is 0 Å². The Balaban J connectivity index is 0.00000107. The van der Waals surface area contributed by atoms with Crippen LogP contribution in [0.5, 0.6) is 0 Å². The van der Waals surface area contributed by atoms with Crippen molar-refractivity contribution in [3.8, 4) is 17.3 Å². The molecule has 31 heavy (non-hydrogen) atoms. The molecule has 1 saturated heterocycles. The number of aromatic nitrogens is 1. The Bertz CT molecular complexity index is 941. The first-order valence-corrected chi connectivity index (χ1v) is 10.1. The molecule has 1 fully saturated rings. The molecule has 0 spiro atoms. The van der Waals surface area contributed by atoms with Crippen molar-refractivity contribution in [2.45, 2.75) is 20.3 Å². The largest absolute Gasteiger partial charge is 0.483 e. The molecule has 1 amide bonds. The molecular weight excluding hydrogens is 392 g/mol. The van der Waals surface area contributed by atoms with E-state index in [1.807, 2.05) is 50.3 Å². The monoisotopic (exact) mass is 420 g/mol. The zero-order chi connectivity index (χ0) is 22.8. The number of carboxylic acid groups (broad SMARTS) is 1. The molecule has 3 rings (SSSR count). The van der Waals surface area contributed by atoms with Crippen molar-refractivity contribution in [3.05, 3.63) is 65.4 Å². The number of carbonyl (C=O) groups excluding carboxylic acids is 1. The first kappa shape index (κ1) is 23.8. The van der Waals surface area contributed by atoms with Gasteiger partial charge in [0.2, 0.25) is 0 Å². The van der Waals surface area contributed by atoms with Crippen LogP contribution in [0.1, 0.15) is 33.6 Å². The number of nitrogens with one attached hydrogen (secondary N) is 1. The summed E-state index contributed by atoms with van der Waals surface area (Å²) in [5, 5.41) is 19.1. The number of nitriles is 1. The van der Waals surface area contributed by atoms with Gasteiger partial charge in [-0.1, -0.05) is 18.2 Å². The fraction of sp³-hybridized carbons (Fsp3) is 0.333. The highest BCUT2D eigenvalue weighted by Gasteiger charge is 2.22. The van der Waals surface area contributed by atoms with Crippen LogP contribution in [-0.4, -0.2) is 53.5 Å². The summed E-state index contributed by atoms with van der Waals surface area (Å²) in [6, 6.07) is 11.6. The van der Waals surface area contributed by atoms with Crippen LogP contribution >= 0.6 is 0 Å². The van der Waals surface area contributed by atoms with Crippen molar-refractivity contribution in [2.24, 2.45) is 5.92 Å². The van der Waals surface area contributed by atoms with Gasteiger partial charge in [0, 0.05) is 30.8 Å². The van der Waals surface area contributed by atoms with Gasteiger partial charge in [0.1, 0.15) is 6.07 Å². The second-order valence-electron chi connectivity index (χ2n) is 7.49. The summed E-state index contributed by atoms with van der Waals surface area (Å²) in [5.41, 5.74) is 4.65. The summed E-state index contributed by atoms with van der Waals surface area (Å²) in [6.45, 7) is 11.0. The van der Waals surface area contributed by atoms with Crippen molar-refractivity contribution in [2.75, 3.05) is 26.2 Å². The first-order chi connectivity index (χ1) is 14.9. The van der Waals surface area contributed by atoms with Crippen LogP contribution in [0.25, 0.3) is 11.3 Å². The smallest absolute Gasteiger partial charge is 0.290 e. The molecule has 1 unspecified atom stereocenters. The number of carbonyl (C=O) groups is 2. The lowest BCUT2D eigenvalue weighted by Crippen LogP contribution is -2.31. The van der Waals surface area contributed by atoms with Gasteiger partial charge >= 0.3 is 0 Å². The summed E-state index contributed by atoms with van der Waals surface area (Å²) in [7, 11) is 0. The average Bonchev–Trinajstić information content (AvgIpc) is 3.20. The third-order valence-electron chi connectivity index (χ3n) is 5.26. The molecule has 7 heteroatoms. The van der Waals surface area contributed by atoms with Gasteiger partial charge in [-0.2, -0.15) is 5.26 Å². The fourth-order valence-corrected chi connectivity index (χ4v) is 3.71. The molecule has 1 aliphatic rings. The Labute approximate surface area is 183 Å². The third kappa shape index (κ3) is 6.49. The van der Waals surface area contributed by atoms with Crippen molar-refractivity contribution >= 4 is 12.4 Å². The van der Waals surface area contributed by atoms with E-state index in [0.29, 0.717) is 23.6 Å². The molecule has 0 radical (unpaired) electrons. The van der Waals surface area contributed by atoms with E-state index in [4.69, 9.17) is 9.90 Å². The van der Waals surface area contributed by atoms with Crippen molar-refractivity contribution < 1.29 is 14.7 Å². The van der Waals surface area contributed by atoms with Crippen molar-refractivity contribution in [1.82, 2.24) is 15.2 Å². The quantitative estimate of drug-likeness (QED) is 0.549. The molecule has 1 aromatic heterocycles. The van der Waals surface area contributed by atoms with E-state index in [9.17, 15) is 10.1 Å². The van der Waals surface area contributed by atoms with Crippen molar-refractivity contribution in [3.63, 3.8) is 0 Å². The number of aryl methyl sites for hydroxylation is 2. The van der Waals surface area contributed by atoms with Gasteiger partial charge in [-0.3, -0.25) is 19.5 Å². The van der Waals surface area contributed by atoms with Gasteiger partial charge in [0.25, 0.3) is 12.4 Å². The van der Waals surface area contributed by atoms with Crippen LogP contribution in [-0.2, 0) is 4.79 Å². The van der Waals surface area contributed by atoms with Crippen LogP contribution in [0.15, 0.2) is 43.0 Å². The number of hydrogen-bond acceptors (Lipinski definition) is 5. The van der Waals surface area contributed by atoms with Crippen LogP contribution in [0.4, 0.5) is 0 Å². The summed E-state index contributed by atoms with van der Waals surface area (Å²) in [5.74, 6) is 0.450. The number of hydrogen-bond donors (Lipinski definition) is 2. The zero-order valence-electron chi connectivity index (χ0n) is 18.0. The van der Waals surface area contributed by atoms with Gasteiger partial charge in [-0.05, 0) is 56.5 Å². The van der Waals surface area contributed by atoms with E-state index in [1.165, 1.54) is 0 Å². The molecule has 7 nitrogen and oxygen atoms in total. The second kappa shape index (κ2) is 11.6. The minimum Gasteiger partial charge on any atom is -0.483 e. The normalized spacial score (nSPS) is 15.3. The standard InChI is InChI=1S/C23H26N4O.CH2O2/c1-4-10-27-11-9-18(15-27)14-25-23(28)20-7-5-19(6-8-20)22-12-16(2)21(13-24)17(3)26-22;2-1-3/h4-8,12,18H,1,9-11,14-15H2,2-3H3,(H,25,28);1H,(H,2,3). The first-order valence-electron chi connectivity index (χ1n) is 10.1. The van der Waals surface area contributed by atoms with Gasteiger partial charge in [0.05, 0.1) is 17.0 Å². The Hall–Kier alpha value is -3.50. The maximum absolute atomic E-state index is 12.5. The van der Waals surface area contributed by atoms with E-state index in [2.05, 4.69) is 27.8 Å². The fourth-order valence-electron chi connectivity index (χ4n) is 3.71. The number of likely N-dealkylation sites (tertiary alicyclic amines) is 1. The highest BCUT2D eigenvalue weighted by molar-refractivity contribution is 5.94. The summed E-state index contributed by atoms with van der Waals surface area (Å²) in [6.07, 6.45) is 3.03. The van der Waals surface area contributed by atoms with Gasteiger partial charge in [0.15, 0.2) is 0 Å². The highest BCUT2D eigenvalue weighted by Crippen LogP contribution is 2.22. The molecule has 0 bridgehead atoms. The predicted octanol–water partition coefficient (Wildman–Crippen LogP) is 3.18. The lowest BCUT2D eigenvalue weighted by molar-refractivity contribution is -0.122. The van der Waals surface area contributed by atoms with Gasteiger partial charge < -0.3 is 10.4 Å². The number of nitrogens with zero attached hydrogens (tertiary/aromatic N) is 3. The summed E-state index contributed by atoms with van der Waals surface area (Å²) < 4.78 is 0. The topological polar surface area (TPSA) is 106 Å². The molecule has 2 N–H and O–H groups in total. The Morgan fingerprint density at radius 3 is 2.65 bits per heavy atom. The summed E-state index contributed by atoms with van der Waals surface area (Å²) in [4.78, 5) is 27.7. The molecule has 1 aliphatic heterocycles. The molecule has 2 heterocycles. The van der Waals surface area contributed by atoms with Crippen LogP contribution in [0.2, 0.25) is 0 Å². The van der Waals surface area contributed by atoms with E-state index < -0.39 is 0 Å². The number of benzene rings is 1. The predicted molar refractivity (Wildman–Crippen MR) is 120 cm³/mol. The van der Waals surface area contributed by atoms with Crippen LogP contribution in [0, 0.1) is 31.1 Å². The Morgan fingerprint density at radius 2 is 2.06 bits per heavy atom. The third-order valence-corrected chi connectivity index (χ3v) is 5.26. The molecule has 2 aromatic rings. The number of rotatable bonds is 6. The van der Waals surface area contributed by atoms with Crippen LogP contribution < -0.4 is 5.32 Å². The molecule has 0 aliphatic carbocycles. The molecule has 1 atom stereocenters. The molecule has 0 saturated carbocycles. The maximum atomic E-state index is 12.5. The lowest BCUT2D eigenvalue weighted by Gasteiger charge is -2.14. The minimum atomic E-state index is -0.250. The Morgan fingerprint density at radius 1 is 1.39 bits per heavy atom. The summed E-state index contributed by atoms with van der Waals surface area (Å²) >= 11 is 0. The Kier molecular flexibility index (Phi) is 8.92. The van der Waals surface area contributed by atoms with Gasteiger partial charge in [-0.25, -0.2) is 0 Å². The van der Waals surface area contributed by atoms with E-state index in [0.717, 1.165) is 48.6 Å². The highest BCUT2D eigenvalue weighted by atomic mass is 16.3. The molecule has 162 valence electrons. The van der Waals surface area contributed by atoms with E-state index >= 15 is 0 Å². The lowest BCUT2D eigenvalue weighted by atomic mass is 10.0. The molecule has 1 aromatic carbocycles. The maximum Gasteiger partial charge on any atom is 0.290 e. The van der Waals surface area contributed by atoms with Gasteiger partial charge in [-0.15, -0.1) is 6.58 Å². The van der Waals surface area contributed by atoms with E-state index in [-0.39, 0.29) is 12.4 Å².